The van der Waals surface area contributed by atoms with E-state index in [2.05, 4.69) is 15.5 Å². The topological polar surface area (TPSA) is 58.0 Å². The number of hydrogen-bond donors (Lipinski definition) is 2. The van der Waals surface area contributed by atoms with Crippen LogP contribution in [0.4, 0.5) is 5.13 Å². The summed E-state index contributed by atoms with van der Waals surface area (Å²) in [6.45, 7) is 4.49. The van der Waals surface area contributed by atoms with Gasteiger partial charge < -0.3 is 10.4 Å². The van der Waals surface area contributed by atoms with Crippen LogP contribution in [0.3, 0.4) is 0 Å². The fourth-order valence-corrected chi connectivity index (χ4v) is 1.43. The quantitative estimate of drug-likeness (QED) is 0.758. The minimum Gasteiger partial charge on any atom is -0.388 e. The highest BCUT2D eigenvalue weighted by atomic mass is 32.1. The van der Waals surface area contributed by atoms with Gasteiger partial charge in [-0.2, -0.15) is 0 Å². The first-order valence-electron chi connectivity index (χ1n) is 4.42. The molecule has 0 spiro atoms. The lowest BCUT2D eigenvalue weighted by Crippen LogP contribution is -2.35. The number of aliphatic hydroxyl groups is 1. The van der Waals surface area contributed by atoms with Gasteiger partial charge in [-0.05, 0) is 12.8 Å². The maximum atomic E-state index is 9.92. The summed E-state index contributed by atoms with van der Waals surface area (Å²) in [5, 5.41) is 21.3. The molecule has 1 rings (SSSR count). The summed E-state index contributed by atoms with van der Waals surface area (Å²) in [5.41, 5.74) is 1.05. The molecule has 0 bridgehead atoms. The Kier molecular flexibility index (Phi) is 3.62. The maximum Gasteiger partial charge on any atom is 0.205 e. The second kappa shape index (κ2) is 4.53. The molecule has 0 atom stereocenters. The van der Waals surface area contributed by atoms with Crippen molar-refractivity contribution in [3.05, 3.63) is 5.51 Å². The molecule has 2 N–H and O–H groups in total. The molecule has 0 aliphatic carbocycles. The molecule has 0 fully saturated rings. The number of rotatable bonds is 5. The van der Waals surface area contributed by atoms with Gasteiger partial charge in [0.25, 0.3) is 0 Å². The molecule has 1 heterocycles. The third kappa shape index (κ3) is 2.93. The highest BCUT2D eigenvalue weighted by Gasteiger charge is 2.21. The van der Waals surface area contributed by atoms with Crippen LogP contribution in [0.2, 0.25) is 0 Å². The highest BCUT2D eigenvalue weighted by Crippen LogP contribution is 2.16. The molecule has 5 heteroatoms. The van der Waals surface area contributed by atoms with Crippen LogP contribution in [-0.2, 0) is 0 Å². The summed E-state index contributed by atoms with van der Waals surface area (Å²) in [6, 6.07) is 0. The van der Waals surface area contributed by atoms with Crippen LogP contribution in [0, 0.1) is 0 Å². The van der Waals surface area contributed by atoms with Crippen molar-refractivity contribution in [3.63, 3.8) is 0 Å². The Morgan fingerprint density at radius 2 is 2.23 bits per heavy atom. The molecular weight excluding hydrogens is 186 g/mol. The van der Waals surface area contributed by atoms with E-state index in [0.717, 1.165) is 18.0 Å². The van der Waals surface area contributed by atoms with Crippen molar-refractivity contribution in [1.29, 1.82) is 0 Å². The molecule has 0 aliphatic rings. The van der Waals surface area contributed by atoms with Crippen LogP contribution < -0.4 is 5.32 Å². The van der Waals surface area contributed by atoms with Gasteiger partial charge in [0.15, 0.2) is 0 Å². The van der Waals surface area contributed by atoms with Gasteiger partial charge in [0.1, 0.15) is 5.51 Å². The van der Waals surface area contributed by atoms with E-state index in [1.54, 1.807) is 5.51 Å². The van der Waals surface area contributed by atoms with Crippen LogP contribution in [-0.4, -0.2) is 27.4 Å². The lowest BCUT2D eigenvalue weighted by atomic mass is 9.98. The molecule has 0 amide bonds. The first-order chi connectivity index (χ1) is 6.20. The van der Waals surface area contributed by atoms with Gasteiger partial charge in [0.05, 0.1) is 5.60 Å². The van der Waals surface area contributed by atoms with E-state index in [0.29, 0.717) is 6.54 Å². The first-order valence-corrected chi connectivity index (χ1v) is 5.30. The maximum absolute atomic E-state index is 9.92. The van der Waals surface area contributed by atoms with E-state index in [1.807, 2.05) is 13.8 Å². The predicted molar refractivity (Wildman–Crippen MR) is 53.9 cm³/mol. The predicted octanol–water partition coefficient (Wildman–Crippen LogP) is 1.50. The van der Waals surface area contributed by atoms with Gasteiger partial charge in [-0.15, -0.1) is 10.2 Å². The number of anilines is 1. The number of hydrogen-bond acceptors (Lipinski definition) is 5. The molecule has 74 valence electrons. The van der Waals surface area contributed by atoms with Crippen molar-refractivity contribution in [2.45, 2.75) is 32.3 Å². The van der Waals surface area contributed by atoms with Gasteiger partial charge in [0.2, 0.25) is 5.13 Å². The minimum atomic E-state index is -0.619. The highest BCUT2D eigenvalue weighted by molar-refractivity contribution is 7.13. The zero-order valence-corrected chi connectivity index (χ0v) is 8.77. The second-order valence-corrected chi connectivity index (χ2v) is 3.86. The molecule has 0 saturated carbocycles. The normalized spacial score (nSPS) is 11.6. The SMILES string of the molecule is CCC(O)(CC)CNc1nncs1. The van der Waals surface area contributed by atoms with Crippen LogP contribution >= 0.6 is 11.3 Å². The summed E-state index contributed by atoms with van der Waals surface area (Å²) in [7, 11) is 0. The molecule has 1 aromatic heterocycles. The Morgan fingerprint density at radius 3 is 2.69 bits per heavy atom. The molecule has 13 heavy (non-hydrogen) atoms. The zero-order valence-electron chi connectivity index (χ0n) is 7.95. The van der Waals surface area contributed by atoms with Crippen molar-refractivity contribution in [2.24, 2.45) is 0 Å². The van der Waals surface area contributed by atoms with E-state index >= 15 is 0 Å². The Labute approximate surface area is 82.0 Å². The van der Waals surface area contributed by atoms with Gasteiger partial charge in [-0.1, -0.05) is 25.2 Å². The number of nitrogens with one attached hydrogen (secondary N) is 1. The smallest absolute Gasteiger partial charge is 0.205 e. The Morgan fingerprint density at radius 1 is 1.54 bits per heavy atom. The summed E-state index contributed by atoms with van der Waals surface area (Å²) >= 11 is 1.44. The first kappa shape index (κ1) is 10.4. The van der Waals surface area contributed by atoms with Crippen LogP contribution in [0.1, 0.15) is 26.7 Å². The van der Waals surface area contributed by atoms with E-state index in [9.17, 15) is 5.11 Å². The molecule has 0 radical (unpaired) electrons. The summed E-state index contributed by atoms with van der Waals surface area (Å²) in [4.78, 5) is 0. The molecule has 0 aromatic carbocycles. The van der Waals surface area contributed by atoms with E-state index in [1.165, 1.54) is 11.3 Å². The van der Waals surface area contributed by atoms with E-state index < -0.39 is 5.60 Å². The van der Waals surface area contributed by atoms with Crippen molar-refractivity contribution >= 4 is 16.5 Å². The molecule has 1 aromatic rings. The zero-order chi connectivity index (χ0) is 9.73. The van der Waals surface area contributed by atoms with Crippen molar-refractivity contribution < 1.29 is 5.11 Å². The molecular formula is C8H15N3OS. The molecule has 0 aliphatic heterocycles. The molecule has 0 unspecified atom stereocenters. The Bertz CT molecular complexity index is 234. The van der Waals surface area contributed by atoms with Crippen LogP contribution in [0.5, 0.6) is 0 Å². The van der Waals surface area contributed by atoms with Crippen molar-refractivity contribution in [2.75, 3.05) is 11.9 Å². The monoisotopic (exact) mass is 201 g/mol. The van der Waals surface area contributed by atoms with Gasteiger partial charge >= 0.3 is 0 Å². The fourth-order valence-electron chi connectivity index (χ4n) is 0.990. The fraction of sp³-hybridized carbons (Fsp3) is 0.750. The van der Waals surface area contributed by atoms with Gasteiger partial charge in [-0.3, -0.25) is 0 Å². The Hall–Kier alpha value is -0.680. The minimum absolute atomic E-state index is 0.537. The molecule has 0 saturated heterocycles. The van der Waals surface area contributed by atoms with Gasteiger partial charge in [-0.25, -0.2) is 0 Å². The summed E-state index contributed by atoms with van der Waals surface area (Å²) < 4.78 is 0. The lowest BCUT2D eigenvalue weighted by molar-refractivity contribution is 0.0457. The average molecular weight is 201 g/mol. The van der Waals surface area contributed by atoms with E-state index in [4.69, 9.17) is 0 Å². The number of nitrogens with zero attached hydrogens (tertiary/aromatic N) is 2. The van der Waals surface area contributed by atoms with Crippen LogP contribution in [0.15, 0.2) is 5.51 Å². The summed E-state index contributed by atoms with van der Waals surface area (Å²) in [5.74, 6) is 0. The van der Waals surface area contributed by atoms with E-state index in [-0.39, 0.29) is 0 Å². The van der Waals surface area contributed by atoms with Crippen molar-refractivity contribution in [1.82, 2.24) is 10.2 Å². The van der Waals surface area contributed by atoms with Crippen molar-refractivity contribution in [3.8, 4) is 0 Å². The lowest BCUT2D eigenvalue weighted by Gasteiger charge is -2.24. The number of aromatic nitrogens is 2. The second-order valence-electron chi connectivity index (χ2n) is 3.03. The largest absolute Gasteiger partial charge is 0.388 e. The third-order valence-electron chi connectivity index (χ3n) is 2.24. The van der Waals surface area contributed by atoms with Gasteiger partial charge in [0, 0.05) is 6.54 Å². The Balaban J connectivity index is 2.41. The molecule has 4 nitrogen and oxygen atoms in total. The van der Waals surface area contributed by atoms with Crippen LogP contribution in [0.25, 0.3) is 0 Å². The summed E-state index contributed by atoms with van der Waals surface area (Å²) in [6.07, 6.45) is 1.49. The average Bonchev–Trinajstić information content (AvgIpc) is 2.67. The third-order valence-corrected chi connectivity index (χ3v) is 2.89. The standard InChI is InChI=1S/C8H15N3OS/c1-3-8(12,4-2)5-9-7-11-10-6-13-7/h6,12H,3-5H2,1-2H3,(H,9,11).